The molecule has 4 heteroatoms. The van der Waals surface area contributed by atoms with E-state index >= 15 is 0 Å². The number of amides is 1. The summed E-state index contributed by atoms with van der Waals surface area (Å²) in [6, 6.07) is 9.83. The average Bonchev–Trinajstić information content (AvgIpc) is 2.68. The Morgan fingerprint density at radius 2 is 2.12 bits per heavy atom. The van der Waals surface area contributed by atoms with Crippen LogP contribution in [0.5, 0.6) is 0 Å². The Morgan fingerprint density at radius 3 is 2.88 bits per heavy atom. The van der Waals surface area contributed by atoms with Crippen LogP contribution in [-0.4, -0.2) is 28.3 Å². The lowest BCUT2D eigenvalue weighted by atomic mass is 10.2. The Kier molecular flexibility index (Phi) is 2.73. The highest BCUT2D eigenvalue weighted by Crippen LogP contribution is 2.27. The minimum Gasteiger partial charge on any atom is -0.286 e. The third-order valence-corrected chi connectivity index (χ3v) is 3.83. The number of rotatable bonds is 1. The predicted octanol–water partition coefficient (Wildman–Crippen LogP) is 2.36. The summed E-state index contributed by atoms with van der Waals surface area (Å²) in [6.07, 6.45) is 2.91. The van der Waals surface area contributed by atoms with Gasteiger partial charge in [0.05, 0.1) is 0 Å². The van der Waals surface area contributed by atoms with Gasteiger partial charge < -0.3 is 0 Å². The van der Waals surface area contributed by atoms with Crippen LogP contribution in [0.25, 0.3) is 6.08 Å². The summed E-state index contributed by atoms with van der Waals surface area (Å²) < 4.78 is 0. The van der Waals surface area contributed by atoms with Crippen LogP contribution in [0, 0.1) is 0 Å². The molecule has 2 aliphatic heterocycles. The third-order valence-electron chi connectivity index (χ3n) is 2.77. The van der Waals surface area contributed by atoms with E-state index in [1.165, 1.54) is 0 Å². The van der Waals surface area contributed by atoms with Gasteiger partial charge in [-0.05, 0) is 18.1 Å². The molecule has 3 nitrogen and oxygen atoms in total. The summed E-state index contributed by atoms with van der Waals surface area (Å²) in [7, 11) is 0. The van der Waals surface area contributed by atoms with Crippen LogP contribution in [0.15, 0.2) is 41.0 Å². The Hall–Kier alpha value is -1.55. The molecule has 1 aromatic carbocycles. The maximum atomic E-state index is 12.1. The standard InChI is InChI=1S/C13H12N2OS/c16-12-11(9-10-5-2-1-3-6-10)14-13-15(12)7-4-8-17-13/h1-3,5-6,9H,4,7-8H2/b11-9-. The van der Waals surface area contributed by atoms with Gasteiger partial charge in [-0.15, -0.1) is 0 Å². The Labute approximate surface area is 104 Å². The lowest BCUT2D eigenvalue weighted by molar-refractivity contribution is -0.122. The van der Waals surface area contributed by atoms with Crippen LogP contribution >= 0.6 is 11.8 Å². The number of carbonyl (C=O) groups excluding carboxylic acids is 1. The lowest BCUT2D eigenvalue weighted by Crippen LogP contribution is -2.34. The van der Waals surface area contributed by atoms with Crippen molar-refractivity contribution < 1.29 is 4.79 Å². The minimum absolute atomic E-state index is 0.0380. The Morgan fingerprint density at radius 1 is 1.29 bits per heavy atom. The van der Waals surface area contributed by atoms with E-state index < -0.39 is 0 Å². The van der Waals surface area contributed by atoms with Crippen LogP contribution in [0.1, 0.15) is 12.0 Å². The van der Waals surface area contributed by atoms with Crippen LogP contribution in [0.4, 0.5) is 0 Å². The lowest BCUT2D eigenvalue weighted by Gasteiger charge is -2.21. The molecule has 0 N–H and O–H groups in total. The van der Waals surface area contributed by atoms with Gasteiger partial charge in [0.2, 0.25) is 0 Å². The second kappa shape index (κ2) is 4.37. The molecule has 0 radical (unpaired) electrons. The van der Waals surface area contributed by atoms with Crippen LogP contribution in [0.3, 0.4) is 0 Å². The van der Waals surface area contributed by atoms with Gasteiger partial charge in [0.1, 0.15) is 5.70 Å². The highest BCUT2D eigenvalue weighted by atomic mass is 32.2. The van der Waals surface area contributed by atoms with Gasteiger partial charge in [-0.2, -0.15) is 0 Å². The van der Waals surface area contributed by atoms with E-state index in [1.54, 1.807) is 16.7 Å². The molecule has 1 aromatic rings. The molecule has 1 fully saturated rings. The molecular weight excluding hydrogens is 232 g/mol. The fraction of sp³-hybridized carbons (Fsp3) is 0.231. The smallest absolute Gasteiger partial charge is 0.278 e. The van der Waals surface area contributed by atoms with E-state index in [-0.39, 0.29) is 5.91 Å². The van der Waals surface area contributed by atoms with Crippen molar-refractivity contribution >= 4 is 28.9 Å². The number of amidine groups is 1. The number of aliphatic imine (C=N–C) groups is 1. The number of carbonyl (C=O) groups is 1. The predicted molar refractivity (Wildman–Crippen MR) is 70.6 cm³/mol. The Bertz CT molecular complexity index is 507. The van der Waals surface area contributed by atoms with Gasteiger partial charge in [-0.25, -0.2) is 4.99 Å². The maximum Gasteiger partial charge on any atom is 0.278 e. The molecule has 3 rings (SSSR count). The van der Waals surface area contributed by atoms with Gasteiger partial charge in [0, 0.05) is 12.3 Å². The molecule has 0 aliphatic carbocycles. The summed E-state index contributed by atoms with van der Waals surface area (Å²) in [5.41, 5.74) is 1.57. The van der Waals surface area contributed by atoms with Gasteiger partial charge in [-0.1, -0.05) is 42.1 Å². The fourth-order valence-electron chi connectivity index (χ4n) is 1.93. The zero-order valence-corrected chi connectivity index (χ0v) is 10.1. The first kappa shape index (κ1) is 10.6. The number of fused-ring (bicyclic) bond motifs is 1. The first-order valence-corrected chi connectivity index (χ1v) is 6.63. The third kappa shape index (κ3) is 2.00. The molecule has 0 bridgehead atoms. The maximum absolute atomic E-state index is 12.1. The highest BCUT2D eigenvalue weighted by molar-refractivity contribution is 8.13. The van der Waals surface area contributed by atoms with Gasteiger partial charge in [-0.3, -0.25) is 9.69 Å². The molecule has 17 heavy (non-hydrogen) atoms. The summed E-state index contributed by atoms with van der Waals surface area (Å²) in [6.45, 7) is 0.802. The number of hydrogen-bond acceptors (Lipinski definition) is 3. The van der Waals surface area contributed by atoms with Crippen LogP contribution in [0.2, 0.25) is 0 Å². The topological polar surface area (TPSA) is 32.7 Å². The van der Waals surface area contributed by atoms with Crippen molar-refractivity contribution in [2.75, 3.05) is 12.3 Å². The number of benzene rings is 1. The van der Waals surface area contributed by atoms with Crippen molar-refractivity contribution in [3.63, 3.8) is 0 Å². The van der Waals surface area contributed by atoms with Gasteiger partial charge in [0.15, 0.2) is 5.17 Å². The monoisotopic (exact) mass is 244 g/mol. The normalized spacial score (nSPS) is 21.6. The molecule has 86 valence electrons. The van der Waals surface area contributed by atoms with Crippen molar-refractivity contribution in [2.45, 2.75) is 6.42 Å². The van der Waals surface area contributed by atoms with E-state index in [9.17, 15) is 4.79 Å². The summed E-state index contributed by atoms with van der Waals surface area (Å²) in [5.74, 6) is 1.09. The second-order valence-corrected chi connectivity index (χ2v) is 5.06. The quantitative estimate of drug-likeness (QED) is 0.710. The van der Waals surface area contributed by atoms with Crippen molar-refractivity contribution in [1.82, 2.24) is 4.90 Å². The first-order chi connectivity index (χ1) is 8.34. The first-order valence-electron chi connectivity index (χ1n) is 5.65. The van der Waals surface area contributed by atoms with E-state index in [0.717, 1.165) is 29.4 Å². The summed E-state index contributed by atoms with van der Waals surface area (Å²) >= 11 is 1.67. The molecule has 1 saturated heterocycles. The largest absolute Gasteiger partial charge is 0.286 e. The second-order valence-electron chi connectivity index (χ2n) is 3.99. The summed E-state index contributed by atoms with van der Waals surface area (Å²) in [5, 5.41) is 0.864. The van der Waals surface area contributed by atoms with E-state index in [1.807, 2.05) is 36.4 Å². The molecule has 0 spiro atoms. The van der Waals surface area contributed by atoms with E-state index in [4.69, 9.17) is 0 Å². The Balaban J connectivity index is 1.92. The number of thioether (sulfide) groups is 1. The molecular formula is C13H12N2OS. The van der Waals surface area contributed by atoms with Crippen molar-refractivity contribution in [2.24, 2.45) is 4.99 Å². The molecule has 2 aliphatic rings. The average molecular weight is 244 g/mol. The highest BCUT2D eigenvalue weighted by Gasteiger charge is 2.32. The van der Waals surface area contributed by atoms with Crippen LogP contribution < -0.4 is 0 Å². The molecule has 0 unspecified atom stereocenters. The molecule has 0 atom stereocenters. The SMILES string of the molecule is O=C1/C(=C/c2ccccc2)N=C2SCCCN12. The molecule has 0 aromatic heterocycles. The number of hydrogen-bond donors (Lipinski definition) is 0. The van der Waals surface area contributed by atoms with Crippen molar-refractivity contribution in [3.05, 3.63) is 41.6 Å². The van der Waals surface area contributed by atoms with E-state index in [2.05, 4.69) is 4.99 Å². The van der Waals surface area contributed by atoms with Gasteiger partial charge in [0.25, 0.3) is 5.91 Å². The zero-order chi connectivity index (χ0) is 11.7. The number of nitrogens with zero attached hydrogens (tertiary/aromatic N) is 2. The van der Waals surface area contributed by atoms with Crippen LogP contribution in [-0.2, 0) is 4.79 Å². The fourth-order valence-corrected chi connectivity index (χ4v) is 2.88. The molecule has 2 heterocycles. The minimum atomic E-state index is 0.0380. The zero-order valence-electron chi connectivity index (χ0n) is 9.30. The van der Waals surface area contributed by atoms with Gasteiger partial charge >= 0.3 is 0 Å². The molecule has 0 saturated carbocycles. The van der Waals surface area contributed by atoms with Crippen molar-refractivity contribution in [1.29, 1.82) is 0 Å². The summed E-state index contributed by atoms with van der Waals surface area (Å²) in [4.78, 5) is 18.3. The van der Waals surface area contributed by atoms with E-state index in [0.29, 0.717) is 5.70 Å². The van der Waals surface area contributed by atoms with Crippen molar-refractivity contribution in [3.8, 4) is 0 Å². The molecule has 1 amide bonds.